The molecule has 1 fully saturated rings. The van der Waals surface area contributed by atoms with Gasteiger partial charge in [-0.3, -0.25) is 9.59 Å². The first-order valence-electron chi connectivity index (χ1n) is 8.39. The number of hydrogen-bond acceptors (Lipinski definition) is 2. The molecule has 4 nitrogen and oxygen atoms in total. The molecule has 25 heavy (non-hydrogen) atoms. The fourth-order valence-corrected chi connectivity index (χ4v) is 3.25. The van der Waals surface area contributed by atoms with E-state index < -0.39 is 0 Å². The lowest BCUT2D eigenvalue weighted by Crippen LogP contribution is -2.52. The Kier molecular flexibility index (Phi) is 5.12. The van der Waals surface area contributed by atoms with Crippen LogP contribution in [0.25, 0.3) is 0 Å². The van der Waals surface area contributed by atoms with E-state index in [2.05, 4.69) is 0 Å². The summed E-state index contributed by atoms with van der Waals surface area (Å²) in [4.78, 5) is 28.2. The summed E-state index contributed by atoms with van der Waals surface area (Å²) in [6, 6.07) is 15.7. The van der Waals surface area contributed by atoms with E-state index in [-0.39, 0.29) is 30.1 Å². The van der Waals surface area contributed by atoms with Gasteiger partial charge in [0, 0.05) is 26.6 Å². The number of rotatable bonds is 3. The molecule has 1 atom stereocenters. The molecule has 0 N–H and O–H groups in total. The number of benzene rings is 2. The molecule has 2 amide bonds. The number of carbonyl (C=O) groups is 2. The van der Waals surface area contributed by atoms with Crippen LogP contribution < -0.4 is 0 Å². The van der Waals surface area contributed by atoms with Gasteiger partial charge in [-0.2, -0.15) is 0 Å². The number of piperazine rings is 1. The Morgan fingerprint density at radius 2 is 1.84 bits per heavy atom. The van der Waals surface area contributed by atoms with Crippen molar-refractivity contribution in [2.24, 2.45) is 0 Å². The number of hydrogen-bond donors (Lipinski definition) is 0. The minimum atomic E-state index is -0.341. The SMILES string of the molecule is CC(=O)N1CCN(C(=O)Cc2cccc(F)c2)C(c2ccccc2)C1. The largest absolute Gasteiger partial charge is 0.339 e. The van der Waals surface area contributed by atoms with Crippen LogP contribution >= 0.6 is 0 Å². The van der Waals surface area contributed by atoms with Gasteiger partial charge in [-0.25, -0.2) is 4.39 Å². The highest BCUT2D eigenvalue weighted by Gasteiger charge is 2.32. The predicted octanol–water partition coefficient (Wildman–Crippen LogP) is 2.80. The number of amides is 2. The minimum Gasteiger partial charge on any atom is -0.339 e. The maximum Gasteiger partial charge on any atom is 0.227 e. The van der Waals surface area contributed by atoms with E-state index in [0.29, 0.717) is 25.2 Å². The van der Waals surface area contributed by atoms with E-state index in [4.69, 9.17) is 0 Å². The van der Waals surface area contributed by atoms with Crippen LogP contribution in [0.15, 0.2) is 54.6 Å². The van der Waals surface area contributed by atoms with E-state index >= 15 is 0 Å². The molecule has 3 rings (SSSR count). The van der Waals surface area contributed by atoms with Gasteiger partial charge in [0.25, 0.3) is 0 Å². The van der Waals surface area contributed by atoms with Gasteiger partial charge in [0.1, 0.15) is 5.82 Å². The summed E-state index contributed by atoms with van der Waals surface area (Å²) in [5.74, 6) is -0.382. The van der Waals surface area contributed by atoms with Crippen LogP contribution in [0.5, 0.6) is 0 Å². The Morgan fingerprint density at radius 3 is 2.52 bits per heavy atom. The number of halogens is 1. The van der Waals surface area contributed by atoms with Gasteiger partial charge in [-0.05, 0) is 23.3 Å². The van der Waals surface area contributed by atoms with E-state index in [1.807, 2.05) is 30.3 Å². The van der Waals surface area contributed by atoms with Crippen molar-refractivity contribution in [3.63, 3.8) is 0 Å². The van der Waals surface area contributed by atoms with Gasteiger partial charge < -0.3 is 9.80 Å². The Labute approximate surface area is 146 Å². The van der Waals surface area contributed by atoms with E-state index in [1.165, 1.54) is 12.1 Å². The summed E-state index contributed by atoms with van der Waals surface area (Å²) >= 11 is 0. The van der Waals surface area contributed by atoms with Crippen LogP contribution in [-0.2, 0) is 16.0 Å². The summed E-state index contributed by atoms with van der Waals surface area (Å²) in [6.45, 7) is 3.03. The third-order valence-electron chi connectivity index (χ3n) is 4.57. The number of carbonyl (C=O) groups excluding carboxylic acids is 2. The van der Waals surface area contributed by atoms with Crippen LogP contribution in [0.3, 0.4) is 0 Å². The van der Waals surface area contributed by atoms with Gasteiger partial charge in [0.05, 0.1) is 12.5 Å². The Balaban J connectivity index is 1.82. The van der Waals surface area contributed by atoms with Crippen molar-refractivity contribution in [2.75, 3.05) is 19.6 Å². The van der Waals surface area contributed by atoms with Gasteiger partial charge >= 0.3 is 0 Å². The average molecular weight is 340 g/mol. The maximum absolute atomic E-state index is 13.4. The quantitative estimate of drug-likeness (QED) is 0.862. The smallest absolute Gasteiger partial charge is 0.227 e. The Morgan fingerprint density at radius 1 is 1.08 bits per heavy atom. The molecule has 5 heteroatoms. The molecule has 0 bridgehead atoms. The second-order valence-electron chi connectivity index (χ2n) is 6.29. The molecule has 1 unspecified atom stereocenters. The molecular formula is C20H21FN2O2. The zero-order chi connectivity index (χ0) is 17.8. The molecule has 1 aliphatic rings. The van der Waals surface area contributed by atoms with E-state index in [0.717, 1.165) is 5.56 Å². The Hall–Kier alpha value is -2.69. The summed E-state index contributed by atoms with van der Waals surface area (Å²) in [5, 5.41) is 0. The van der Waals surface area contributed by atoms with Gasteiger partial charge in [0.15, 0.2) is 0 Å². The molecule has 1 aliphatic heterocycles. The Bertz CT molecular complexity index is 763. The van der Waals surface area contributed by atoms with Crippen molar-refractivity contribution < 1.29 is 14.0 Å². The topological polar surface area (TPSA) is 40.6 Å². The highest BCUT2D eigenvalue weighted by atomic mass is 19.1. The lowest BCUT2D eigenvalue weighted by Gasteiger charge is -2.41. The molecule has 130 valence electrons. The molecular weight excluding hydrogens is 319 g/mol. The second-order valence-corrected chi connectivity index (χ2v) is 6.29. The predicted molar refractivity (Wildman–Crippen MR) is 93.3 cm³/mol. The zero-order valence-electron chi connectivity index (χ0n) is 14.2. The van der Waals surface area contributed by atoms with Crippen molar-refractivity contribution in [3.05, 3.63) is 71.5 Å². The first-order valence-corrected chi connectivity index (χ1v) is 8.39. The lowest BCUT2D eigenvalue weighted by molar-refractivity contribution is -0.141. The lowest BCUT2D eigenvalue weighted by atomic mass is 10.0. The standard InChI is InChI=1S/C20H21FN2O2/c1-15(24)22-10-11-23(19(14-22)17-7-3-2-4-8-17)20(25)13-16-6-5-9-18(21)12-16/h2-9,12,19H,10-11,13-14H2,1H3. The van der Waals surface area contributed by atoms with Crippen LogP contribution in [0, 0.1) is 5.82 Å². The second kappa shape index (κ2) is 7.47. The fourth-order valence-electron chi connectivity index (χ4n) is 3.25. The highest BCUT2D eigenvalue weighted by molar-refractivity contribution is 5.80. The average Bonchev–Trinajstić information content (AvgIpc) is 2.62. The summed E-state index contributed by atoms with van der Waals surface area (Å²) in [7, 11) is 0. The normalized spacial score (nSPS) is 17.4. The van der Waals surface area contributed by atoms with E-state index in [1.54, 1.807) is 28.9 Å². The molecule has 0 aliphatic carbocycles. The molecule has 0 aromatic heterocycles. The molecule has 2 aromatic rings. The molecule has 0 radical (unpaired) electrons. The van der Waals surface area contributed by atoms with Gasteiger partial charge in [-0.1, -0.05) is 42.5 Å². The van der Waals surface area contributed by atoms with Crippen molar-refractivity contribution in [1.82, 2.24) is 9.80 Å². The van der Waals surface area contributed by atoms with Crippen molar-refractivity contribution in [2.45, 2.75) is 19.4 Å². The van der Waals surface area contributed by atoms with Crippen LogP contribution in [0.2, 0.25) is 0 Å². The molecule has 0 saturated carbocycles. The summed E-state index contributed by atoms with van der Waals surface area (Å²) < 4.78 is 13.4. The molecule has 1 heterocycles. The number of nitrogens with zero attached hydrogens (tertiary/aromatic N) is 2. The summed E-state index contributed by atoms with van der Waals surface area (Å²) in [5.41, 5.74) is 1.66. The minimum absolute atomic E-state index is 0.0122. The van der Waals surface area contributed by atoms with Crippen molar-refractivity contribution >= 4 is 11.8 Å². The van der Waals surface area contributed by atoms with Crippen LogP contribution in [-0.4, -0.2) is 41.2 Å². The monoisotopic (exact) mass is 340 g/mol. The molecule has 0 spiro atoms. The maximum atomic E-state index is 13.4. The van der Waals surface area contributed by atoms with Crippen molar-refractivity contribution in [3.8, 4) is 0 Å². The first-order chi connectivity index (χ1) is 12.0. The first kappa shape index (κ1) is 17.1. The van der Waals surface area contributed by atoms with Crippen LogP contribution in [0.4, 0.5) is 4.39 Å². The van der Waals surface area contributed by atoms with Crippen LogP contribution in [0.1, 0.15) is 24.1 Å². The highest BCUT2D eigenvalue weighted by Crippen LogP contribution is 2.26. The van der Waals surface area contributed by atoms with Gasteiger partial charge in [-0.15, -0.1) is 0 Å². The van der Waals surface area contributed by atoms with E-state index in [9.17, 15) is 14.0 Å². The molecule has 1 saturated heterocycles. The summed E-state index contributed by atoms with van der Waals surface area (Å²) in [6.07, 6.45) is 0.154. The third kappa shape index (κ3) is 4.05. The molecule has 2 aromatic carbocycles. The fraction of sp³-hybridized carbons (Fsp3) is 0.300. The zero-order valence-corrected chi connectivity index (χ0v) is 14.2. The van der Waals surface area contributed by atoms with Gasteiger partial charge in [0.2, 0.25) is 11.8 Å². The van der Waals surface area contributed by atoms with Crippen molar-refractivity contribution in [1.29, 1.82) is 0 Å². The third-order valence-corrected chi connectivity index (χ3v) is 4.57.